The van der Waals surface area contributed by atoms with Crippen LogP contribution in [0, 0.1) is 6.92 Å². The average molecular weight is 248 g/mol. The number of methoxy groups -OCH3 is 1. The first kappa shape index (κ1) is 12.1. The molecule has 1 heterocycles. The Balaban J connectivity index is 2.10. The summed E-state index contributed by atoms with van der Waals surface area (Å²) in [4.78, 5) is 5.55. The first-order valence-electron chi connectivity index (χ1n) is 5.56. The van der Waals surface area contributed by atoms with Gasteiger partial charge in [-0.05, 0) is 18.1 Å². The molecule has 1 aromatic carbocycles. The quantitative estimate of drug-likeness (QED) is 0.825. The highest BCUT2D eigenvalue weighted by Gasteiger charge is 2.05. The molecule has 0 fully saturated rings. The van der Waals surface area contributed by atoms with Gasteiger partial charge in [-0.1, -0.05) is 35.6 Å². The number of aryl methyl sites for hydroxylation is 1. The minimum Gasteiger partial charge on any atom is -0.383 e. The highest BCUT2D eigenvalue weighted by molar-refractivity contribution is 7.18. The van der Waals surface area contributed by atoms with Gasteiger partial charge in [0.05, 0.1) is 11.5 Å². The van der Waals surface area contributed by atoms with Crippen molar-refractivity contribution in [1.82, 2.24) is 4.98 Å². The lowest BCUT2D eigenvalue weighted by atomic mass is 10.1. The van der Waals surface area contributed by atoms with Gasteiger partial charge in [0.2, 0.25) is 0 Å². The van der Waals surface area contributed by atoms with Crippen molar-refractivity contribution in [3.8, 4) is 10.4 Å². The molecule has 0 saturated heterocycles. The van der Waals surface area contributed by atoms with Crippen LogP contribution in [-0.4, -0.2) is 25.2 Å². The highest BCUT2D eigenvalue weighted by atomic mass is 32.1. The Hall–Kier alpha value is -1.39. The maximum absolute atomic E-state index is 4.99. The molecule has 17 heavy (non-hydrogen) atoms. The summed E-state index contributed by atoms with van der Waals surface area (Å²) in [7, 11) is 1.70. The van der Waals surface area contributed by atoms with Gasteiger partial charge in [-0.3, -0.25) is 0 Å². The molecule has 0 saturated carbocycles. The van der Waals surface area contributed by atoms with E-state index in [1.54, 1.807) is 18.4 Å². The lowest BCUT2D eigenvalue weighted by molar-refractivity contribution is 0.211. The molecule has 0 amide bonds. The summed E-state index contributed by atoms with van der Waals surface area (Å²) in [6.07, 6.45) is 1.92. The number of aromatic nitrogens is 1. The molecular weight excluding hydrogens is 232 g/mol. The van der Waals surface area contributed by atoms with Crippen LogP contribution in [-0.2, 0) is 4.74 Å². The third-order valence-electron chi connectivity index (χ3n) is 2.50. The summed E-state index contributed by atoms with van der Waals surface area (Å²) in [5, 5.41) is 4.18. The van der Waals surface area contributed by atoms with Crippen LogP contribution >= 0.6 is 11.3 Å². The summed E-state index contributed by atoms with van der Waals surface area (Å²) in [5.74, 6) is 0. The van der Waals surface area contributed by atoms with E-state index in [4.69, 9.17) is 4.74 Å². The van der Waals surface area contributed by atoms with Gasteiger partial charge in [-0.2, -0.15) is 0 Å². The number of nitrogens with one attached hydrogen (secondary N) is 1. The van der Waals surface area contributed by atoms with Crippen molar-refractivity contribution >= 4 is 16.5 Å². The molecule has 0 aliphatic heterocycles. The standard InChI is InChI=1S/C13H16N2OS/c1-10-5-3-4-6-11(10)12-9-15-13(17-12)14-7-8-16-2/h3-6,9H,7-8H2,1-2H3,(H,14,15). The molecule has 2 aromatic rings. The molecule has 4 heteroatoms. The van der Waals surface area contributed by atoms with Gasteiger partial charge in [0.15, 0.2) is 5.13 Å². The van der Waals surface area contributed by atoms with Crippen LogP contribution in [0.4, 0.5) is 5.13 Å². The van der Waals surface area contributed by atoms with Gasteiger partial charge >= 0.3 is 0 Å². The second kappa shape index (κ2) is 5.80. The number of thiazole rings is 1. The molecular formula is C13H16N2OS. The molecule has 1 aromatic heterocycles. The van der Waals surface area contributed by atoms with E-state index in [0.717, 1.165) is 11.7 Å². The van der Waals surface area contributed by atoms with Crippen molar-refractivity contribution < 1.29 is 4.74 Å². The molecule has 0 atom stereocenters. The Kier molecular flexibility index (Phi) is 4.12. The Morgan fingerprint density at radius 2 is 2.18 bits per heavy atom. The van der Waals surface area contributed by atoms with Gasteiger partial charge < -0.3 is 10.1 Å². The minimum absolute atomic E-state index is 0.694. The van der Waals surface area contributed by atoms with E-state index >= 15 is 0 Å². The predicted octanol–water partition coefficient (Wildman–Crippen LogP) is 3.18. The van der Waals surface area contributed by atoms with Crippen molar-refractivity contribution in [2.24, 2.45) is 0 Å². The summed E-state index contributed by atoms with van der Waals surface area (Å²) >= 11 is 1.67. The van der Waals surface area contributed by atoms with Crippen LogP contribution < -0.4 is 5.32 Å². The Labute approximate surface area is 105 Å². The zero-order valence-corrected chi connectivity index (χ0v) is 10.9. The predicted molar refractivity (Wildman–Crippen MR) is 72.7 cm³/mol. The smallest absolute Gasteiger partial charge is 0.183 e. The van der Waals surface area contributed by atoms with E-state index in [1.807, 2.05) is 6.20 Å². The van der Waals surface area contributed by atoms with E-state index < -0.39 is 0 Å². The minimum atomic E-state index is 0.694. The second-order valence-corrected chi connectivity index (χ2v) is 4.79. The van der Waals surface area contributed by atoms with Crippen molar-refractivity contribution in [1.29, 1.82) is 0 Å². The van der Waals surface area contributed by atoms with Crippen LogP contribution in [0.3, 0.4) is 0 Å². The van der Waals surface area contributed by atoms with E-state index in [-0.39, 0.29) is 0 Å². The fraction of sp³-hybridized carbons (Fsp3) is 0.308. The lowest BCUT2D eigenvalue weighted by Gasteiger charge is -2.01. The summed E-state index contributed by atoms with van der Waals surface area (Å²) in [5.41, 5.74) is 2.53. The fourth-order valence-corrected chi connectivity index (χ4v) is 2.52. The van der Waals surface area contributed by atoms with Crippen LogP contribution in [0.2, 0.25) is 0 Å². The molecule has 0 bridgehead atoms. The summed E-state index contributed by atoms with van der Waals surface area (Å²) < 4.78 is 4.99. The van der Waals surface area contributed by atoms with E-state index in [2.05, 4.69) is 41.5 Å². The number of hydrogen-bond acceptors (Lipinski definition) is 4. The van der Waals surface area contributed by atoms with Gasteiger partial charge in [0, 0.05) is 19.9 Å². The monoisotopic (exact) mass is 248 g/mol. The maximum atomic E-state index is 4.99. The zero-order valence-electron chi connectivity index (χ0n) is 10.1. The Morgan fingerprint density at radius 1 is 1.35 bits per heavy atom. The van der Waals surface area contributed by atoms with Crippen LogP contribution in [0.25, 0.3) is 10.4 Å². The molecule has 0 radical (unpaired) electrons. The molecule has 1 N–H and O–H groups in total. The van der Waals surface area contributed by atoms with Gasteiger partial charge in [-0.25, -0.2) is 4.98 Å². The number of nitrogens with zero attached hydrogens (tertiary/aromatic N) is 1. The molecule has 0 aliphatic carbocycles. The maximum Gasteiger partial charge on any atom is 0.183 e. The Morgan fingerprint density at radius 3 is 2.94 bits per heavy atom. The van der Waals surface area contributed by atoms with E-state index in [1.165, 1.54) is 16.0 Å². The van der Waals surface area contributed by atoms with Crippen molar-refractivity contribution in [2.75, 3.05) is 25.6 Å². The van der Waals surface area contributed by atoms with E-state index in [9.17, 15) is 0 Å². The molecule has 0 aliphatic rings. The number of hydrogen-bond donors (Lipinski definition) is 1. The lowest BCUT2D eigenvalue weighted by Crippen LogP contribution is -2.06. The first-order chi connectivity index (χ1) is 8.31. The van der Waals surface area contributed by atoms with Gasteiger partial charge in [0.25, 0.3) is 0 Å². The summed E-state index contributed by atoms with van der Waals surface area (Å²) in [6.45, 7) is 3.60. The van der Waals surface area contributed by atoms with Gasteiger partial charge in [-0.15, -0.1) is 0 Å². The molecule has 2 rings (SSSR count). The topological polar surface area (TPSA) is 34.1 Å². The third kappa shape index (κ3) is 3.05. The fourth-order valence-electron chi connectivity index (χ4n) is 1.59. The van der Waals surface area contributed by atoms with Gasteiger partial charge in [0.1, 0.15) is 0 Å². The van der Waals surface area contributed by atoms with Crippen molar-refractivity contribution in [3.63, 3.8) is 0 Å². The third-order valence-corrected chi connectivity index (χ3v) is 3.49. The molecule has 3 nitrogen and oxygen atoms in total. The molecule has 0 spiro atoms. The van der Waals surface area contributed by atoms with Crippen molar-refractivity contribution in [3.05, 3.63) is 36.0 Å². The number of anilines is 1. The number of ether oxygens (including phenoxy) is 1. The van der Waals surface area contributed by atoms with Crippen LogP contribution in [0.1, 0.15) is 5.56 Å². The normalized spacial score (nSPS) is 10.5. The van der Waals surface area contributed by atoms with Crippen LogP contribution in [0.15, 0.2) is 30.5 Å². The highest BCUT2D eigenvalue weighted by Crippen LogP contribution is 2.30. The largest absolute Gasteiger partial charge is 0.383 e. The van der Waals surface area contributed by atoms with Crippen LogP contribution in [0.5, 0.6) is 0 Å². The summed E-state index contributed by atoms with van der Waals surface area (Å²) in [6, 6.07) is 8.35. The molecule has 90 valence electrons. The average Bonchev–Trinajstić information content (AvgIpc) is 2.79. The van der Waals surface area contributed by atoms with E-state index in [0.29, 0.717) is 6.61 Å². The number of rotatable bonds is 5. The SMILES string of the molecule is COCCNc1ncc(-c2ccccc2C)s1. The zero-order chi connectivity index (χ0) is 12.1. The second-order valence-electron chi connectivity index (χ2n) is 3.76. The molecule has 0 unspecified atom stereocenters. The van der Waals surface area contributed by atoms with Crippen molar-refractivity contribution in [2.45, 2.75) is 6.92 Å². The first-order valence-corrected chi connectivity index (χ1v) is 6.37. The number of benzene rings is 1. The Bertz CT molecular complexity index is 482.